The number of Topliss-reactive ketones (excluding diaryl/α,β-unsaturated/α-hetero) is 1. The topological polar surface area (TPSA) is 26.3 Å². The molecule has 0 radical (unpaired) electrons. The van der Waals surface area contributed by atoms with E-state index in [1.54, 1.807) is 6.07 Å². The van der Waals surface area contributed by atoms with Crippen LogP contribution < -0.4 is 4.74 Å². The highest BCUT2D eigenvalue weighted by Crippen LogP contribution is 2.37. The molecule has 1 heterocycles. The summed E-state index contributed by atoms with van der Waals surface area (Å²) < 4.78 is 5.64. The maximum absolute atomic E-state index is 12.1. The van der Waals surface area contributed by atoms with Crippen LogP contribution in [0.2, 0.25) is 5.02 Å². The minimum Gasteiger partial charge on any atom is -0.480 e. The molecule has 0 amide bonds. The van der Waals surface area contributed by atoms with Crippen LogP contribution in [0.4, 0.5) is 0 Å². The van der Waals surface area contributed by atoms with Crippen LogP contribution in [-0.2, 0) is 11.2 Å². The number of ketones is 1. The van der Waals surface area contributed by atoms with Crippen molar-refractivity contribution in [1.82, 2.24) is 0 Å². The molecule has 0 aliphatic carbocycles. The van der Waals surface area contributed by atoms with Gasteiger partial charge in [-0.05, 0) is 11.6 Å². The molecule has 1 unspecified atom stereocenters. The van der Waals surface area contributed by atoms with Crippen LogP contribution >= 0.6 is 11.6 Å². The zero-order valence-corrected chi connectivity index (χ0v) is 10.5. The van der Waals surface area contributed by atoms with Gasteiger partial charge in [-0.15, -0.1) is 0 Å². The molecule has 1 atom stereocenters. The molecule has 0 fully saturated rings. The average molecular weight is 239 g/mol. The van der Waals surface area contributed by atoms with Crippen molar-refractivity contribution in [2.45, 2.75) is 33.3 Å². The van der Waals surface area contributed by atoms with Gasteiger partial charge in [0.1, 0.15) is 5.75 Å². The molecule has 0 saturated carbocycles. The molecule has 2 nitrogen and oxygen atoms in total. The summed E-state index contributed by atoms with van der Waals surface area (Å²) in [4.78, 5) is 12.1. The van der Waals surface area contributed by atoms with E-state index >= 15 is 0 Å². The van der Waals surface area contributed by atoms with Crippen molar-refractivity contribution in [3.63, 3.8) is 0 Å². The van der Waals surface area contributed by atoms with Crippen LogP contribution in [0, 0.1) is 5.41 Å². The second-order valence-electron chi connectivity index (χ2n) is 5.15. The Morgan fingerprint density at radius 1 is 1.44 bits per heavy atom. The number of carbonyl (C=O) groups excluding carboxylic acids is 1. The lowest BCUT2D eigenvalue weighted by Gasteiger charge is -2.20. The first-order chi connectivity index (χ1) is 7.39. The second kappa shape index (κ2) is 3.77. The van der Waals surface area contributed by atoms with Crippen molar-refractivity contribution in [1.29, 1.82) is 0 Å². The fraction of sp³-hybridized carbons (Fsp3) is 0.462. The van der Waals surface area contributed by atoms with Crippen LogP contribution in [-0.4, -0.2) is 11.9 Å². The number of halogens is 1. The van der Waals surface area contributed by atoms with E-state index in [2.05, 4.69) is 0 Å². The van der Waals surface area contributed by atoms with Gasteiger partial charge in [-0.1, -0.05) is 44.5 Å². The van der Waals surface area contributed by atoms with E-state index in [1.165, 1.54) is 0 Å². The fourth-order valence-electron chi connectivity index (χ4n) is 1.86. The molecule has 1 aromatic carbocycles. The van der Waals surface area contributed by atoms with E-state index in [0.717, 1.165) is 5.56 Å². The summed E-state index contributed by atoms with van der Waals surface area (Å²) in [6.45, 7) is 5.72. The number of hydrogen-bond acceptors (Lipinski definition) is 2. The minimum atomic E-state index is -0.380. The quantitative estimate of drug-likeness (QED) is 0.751. The van der Waals surface area contributed by atoms with Crippen molar-refractivity contribution < 1.29 is 9.53 Å². The molecule has 0 aromatic heterocycles. The Labute approximate surface area is 101 Å². The highest BCUT2D eigenvalue weighted by molar-refractivity contribution is 6.32. The zero-order chi connectivity index (χ0) is 11.9. The number of fused-ring (bicyclic) bond motifs is 1. The summed E-state index contributed by atoms with van der Waals surface area (Å²) in [5.74, 6) is 0.798. The Morgan fingerprint density at radius 2 is 2.12 bits per heavy atom. The predicted molar refractivity (Wildman–Crippen MR) is 64.0 cm³/mol. The van der Waals surface area contributed by atoms with Crippen molar-refractivity contribution >= 4 is 17.4 Å². The van der Waals surface area contributed by atoms with Gasteiger partial charge in [0.2, 0.25) is 0 Å². The third-order valence-corrected chi connectivity index (χ3v) is 3.04. The molecule has 16 heavy (non-hydrogen) atoms. The Hall–Kier alpha value is -1.02. The van der Waals surface area contributed by atoms with Gasteiger partial charge in [0.15, 0.2) is 11.9 Å². The maximum atomic E-state index is 12.1. The third kappa shape index (κ3) is 1.94. The molecule has 0 spiro atoms. The Bertz CT molecular complexity index is 432. The molecule has 0 saturated heterocycles. The van der Waals surface area contributed by atoms with Gasteiger partial charge >= 0.3 is 0 Å². The Morgan fingerprint density at radius 3 is 2.69 bits per heavy atom. The lowest BCUT2D eigenvalue weighted by atomic mass is 9.86. The van der Waals surface area contributed by atoms with Gasteiger partial charge < -0.3 is 4.74 Å². The average Bonchev–Trinajstić information content (AvgIpc) is 2.60. The number of hydrogen-bond donors (Lipinski definition) is 0. The predicted octanol–water partition coefficient (Wildman–Crippen LogP) is 3.26. The van der Waals surface area contributed by atoms with Crippen LogP contribution in [0.15, 0.2) is 18.2 Å². The van der Waals surface area contributed by atoms with E-state index < -0.39 is 0 Å². The van der Waals surface area contributed by atoms with Crippen molar-refractivity contribution in [2.24, 2.45) is 5.41 Å². The van der Waals surface area contributed by atoms with Crippen molar-refractivity contribution in [2.75, 3.05) is 0 Å². The molecule has 3 heteroatoms. The lowest BCUT2D eigenvalue weighted by Crippen LogP contribution is -2.35. The van der Waals surface area contributed by atoms with Crippen molar-refractivity contribution in [3.05, 3.63) is 28.8 Å². The molecular weight excluding hydrogens is 224 g/mol. The zero-order valence-electron chi connectivity index (χ0n) is 9.71. The summed E-state index contributed by atoms with van der Waals surface area (Å²) in [5, 5.41) is 0.585. The lowest BCUT2D eigenvalue weighted by molar-refractivity contribution is -0.132. The highest BCUT2D eigenvalue weighted by Gasteiger charge is 2.36. The SMILES string of the molecule is CC(C)(C)C(=O)C1Cc2cccc(Cl)c2O1. The van der Waals surface area contributed by atoms with E-state index in [0.29, 0.717) is 17.2 Å². The van der Waals surface area contributed by atoms with E-state index in [1.807, 2.05) is 32.9 Å². The monoisotopic (exact) mass is 238 g/mol. The largest absolute Gasteiger partial charge is 0.480 e. The van der Waals surface area contributed by atoms with Gasteiger partial charge in [0.05, 0.1) is 5.02 Å². The highest BCUT2D eigenvalue weighted by atomic mass is 35.5. The molecule has 86 valence electrons. The summed E-state index contributed by atoms with van der Waals surface area (Å²) in [7, 11) is 0. The second-order valence-corrected chi connectivity index (χ2v) is 5.56. The summed E-state index contributed by atoms with van der Waals surface area (Å²) in [5.41, 5.74) is 0.647. The first-order valence-electron chi connectivity index (χ1n) is 5.38. The standard InChI is InChI=1S/C13H15ClO2/c1-13(2,3)12(15)10-7-8-5-4-6-9(14)11(8)16-10/h4-6,10H,7H2,1-3H3. The van der Waals surface area contributed by atoms with E-state index in [-0.39, 0.29) is 17.3 Å². The van der Waals surface area contributed by atoms with Crippen LogP contribution in [0.25, 0.3) is 0 Å². The van der Waals surface area contributed by atoms with Gasteiger partial charge in [-0.2, -0.15) is 0 Å². The van der Waals surface area contributed by atoms with Crippen LogP contribution in [0.3, 0.4) is 0 Å². The smallest absolute Gasteiger partial charge is 0.178 e. The van der Waals surface area contributed by atoms with Crippen LogP contribution in [0.1, 0.15) is 26.3 Å². The minimum absolute atomic E-state index is 0.125. The Balaban J connectivity index is 2.24. The molecule has 1 aromatic rings. The number of carbonyl (C=O) groups is 1. The van der Waals surface area contributed by atoms with Gasteiger partial charge in [-0.3, -0.25) is 4.79 Å². The molecule has 0 bridgehead atoms. The number of rotatable bonds is 1. The molecular formula is C13H15ClO2. The number of ether oxygens (including phenoxy) is 1. The normalized spacial score (nSPS) is 19.1. The molecule has 2 rings (SSSR count). The maximum Gasteiger partial charge on any atom is 0.178 e. The van der Waals surface area contributed by atoms with Gasteiger partial charge in [-0.25, -0.2) is 0 Å². The third-order valence-electron chi connectivity index (χ3n) is 2.75. The first-order valence-corrected chi connectivity index (χ1v) is 5.76. The van der Waals surface area contributed by atoms with Crippen molar-refractivity contribution in [3.8, 4) is 5.75 Å². The first kappa shape index (κ1) is 11.5. The molecule has 1 aliphatic heterocycles. The number of benzene rings is 1. The fourth-order valence-corrected chi connectivity index (χ4v) is 2.10. The van der Waals surface area contributed by atoms with Gasteiger partial charge in [0.25, 0.3) is 0 Å². The summed E-state index contributed by atoms with van der Waals surface area (Å²) in [6, 6.07) is 5.62. The molecule has 1 aliphatic rings. The van der Waals surface area contributed by atoms with E-state index in [4.69, 9.17) is 16.3 Å². The van der Waals surface area contributed by atoms with Crippen LogP contribution in [0.5, 0.6) is 5.75 Å². The summed E-state index contributed by atoms with van der Waals surface area (Å²) in [6.07, 6.45) is 0.251. The van der Waals surface area contributed by atoms with Gasteiger partial charge in [0, 0.05) is 11.8 Å². The number of para-hydroxylation sites is 1. The Kier molecular flexibility index (Phi) is 2.70. The van der Waals surface area contributed by atoms with E-state index in [9.17, 15) is 4.79 Å². The molecule has 0 N–H and O–H groups in total. The summed E-state index contributed by atoms with van der Waals surface area (Å²) >= 11 is 6.02.